The molecule has 0 aromatic rings. The number of hydrogen-bond donors (Lipinski definition) is 0. The number of ether oxygens (including phenoxy) is 1. The maximum atomic E-state index is 10.8. The van der Waals surface area contributed by atoms with Crippen molar-refractivity contribution < 1.29 is 9.53 Å². The molecule has 0 heterocycles. The molecule has 66 valence electrons. The Morgan fingerprint density at radius 2 is 2.42 bits per heavy atom. The molecule has 0 saturated carbocycles. The van der Waals surface area contributed by atoms with Crippen LogP contribution in [0.5, 0.6) is 0 Å². The van der Waals surface area contributed by atoms with Gasteiger partial charge >= 0.3 is 5.97 Å². The van der Waals surface area contributed by atoms with Crippen LogP contribution in [0.25, 0.3) is 0 Å². The van der Waals surface area contributed by atoms with E-state index in [-0.39, 0.29) is 19.0 Å². The first kappa shape index (κ1) is 11.0. The van der Waals surface area contributed by atoms with Crippen LogP contribution in [0.15, 0.2) is 17.1 Å². The number of nitrogens with zero attached hydrogens (tertiary/aromatic N) is 1. The fourth-order valence-corrected chi connectivity index (χ4v) is 0.639. The van der Waals surface area contributed by atoms with E-state index in [1.165, 1.54) is 0 Å². The van der Waals surface area contributed by atoms with Gasteiger partial charge in [-0.1, -0.05) is 12.2 Å². The summed E-state index contributed by atoms with van der Waals surface area (Å²) in [6.07, 6.45) is 0.265. The second-order valence-corrected chi connectivity index (χ2v) is 2.51. The molecule has 0 unspecified atom stereocenters. The lowest BCUT2D eigenvalue weighted by atomic mass is 10.2. The third-order valence-electron chi connectivity index (χ3n) is 0.977. The fraction of sp³-hybridized carbons (Fsp3) is 0.500. The average molecular weight is 185 g/mol. The summed E-state index contributed by atoms with van der Waals surface area (Å²) in [4.78, 5) is 14.4. The maximum absolute atomic E-state index is 10.8. The van der Waals surface area contributed by atoms with Crippen LogP contribution in [0.1, 0.15) is 13.3 Å². The Labute approximate surface area is 77.1 Å². The van der Waals surface area contributed by atoms with Gasteiger partial charge in [0, 0.05) is 0 Å². The van der Waals surface area contributed by atoms with Gasteiger partial charge in [0.25, 0.3) is 0 Å². The average Bonchev–Trinajstić information content (AvgIpc) is 1.97. The minimum atomic E-state index is -0.276. The Morgan fingerprint density at radius 1 is 1.75 bits per heavy atom. The lowest BCUT2D eigenvalue weighted by Crippen LogP contribution is -2.07. The van der Waals surface area contributed by atoms with E-state index in [9.17, 15) is 4.79 Å². The van der Waals surface area contributed by atoms with Crippen LogP contribution < -0.4 is 0 Å². The molecule has 0 aromatic heterocycles. The molecule has 12 heavy (non-hydrogen) atoms. The lowest BCUT2D eigenvalue weighted by Gasteiger charge is -2.00. The minimum absolute atomic E-state index is 0.260. The van der Waals surface area contributed by atoms with Gasteiger partial charge in [0.15, 0.2) is 0 Å². The first-order chi connectivity index (χ1) is 5.66. The zero-order valence-corrected chi connectivity index (χ0v) is 7.82. The van der Waals surface area contributed by atoms with Crippen LogP contribution >= 0.6 is 12.2 Å². The van der Waals surface area contributed by atoms with E-state index >= 15 is 0 Å². The van der Waals surface area contributed by atoms with Crippen molar-refractivity contribution in [2.45, 2.75) is 13.3 Å². The molecule has 0 spiro atoms. The molecule has 0 aliphatic heterocycles. The highest BCUT2D eigenvalue weighted by molar-refractivity contribution is 7.78. The van der Waals surface area contributed by atoms with Crippen molar-refractivity contribution in [1.82, 2.24) is 0 Å². The molecule has 0 atom stereocenters. The van der Waals surface area contributed by atoms with Gasteiger partial charge in [0.1, 0.15) is 6.61 Å². The lowest BCUT2D eigenvalue weighted by molar-refractivity contribution is -0.142. The zero-order chi connectivity index (χ0) is 9.40. The van der Waals surface area contributed by atoms with Gasteiger partial charge in [-0.25, -0.2) is 4.99 Å². The summed E-state index contributed by atoms with van der Waals surface area (Å²) in [6.45, 7) is 6.00. The van der Waals surface area contributed by atoms with Crippen molar-refractivity contribution in [3.8, 4) is 0 Å². The van der Waals surface area contributed by atoms with E-state index < -0.39 is 0 Å². The summed E-state index contributed by atoms with van der Waals surface area (Å²) in [7, 11) is 0. The number of hydrogen-bond acceptors (Lipinski definition) is 4. The molecule has 0 aromatic carbocycles. The normalized spacial score (nSPS) is 8.42. The second-order valence-electron chi connectivity index (χ2n) is 2.33. The number of rotatable bonds is 5. The standard InChI is InChI=1S/C8H11NO2S/c1-7(2)5-8(10)11-4-3-9-6-12/h1,3-5H2,2H3. The Bertz CT molecular complexity index is 219. The topological polar surface area (TPSA) is 38.7 Å². The summed E-state index contributed by atoms with van der Waals surface area (Å²) >= 11 is 4.33. The highest BCUT2D eigenvalue weighted by Crippen LogP contribution is 1.96. The van der Waals surface area contributed by atoms with Gasteiger partial charge in [-0.3, -0.25) is 4.79 Å². The van der Waals surface area contributed by atoms with Crippen LogP contribution in [0, 0.1) is 0 Å². The number of carbonyl (C=O) groups excluding carboxylic acids is 1. The highest BCUT2D eigenvalue weighted by atomic mass is 32.1. The van der Waals surface area contributed by atoms with Crippen molar-refractivity contribution in [1.29, 1.82) is 0 Å². The quantitative estimate of drug-likeness (QED) is 0.215. The number of thiocarbonyl (C=S) groups is 1. The largest absolute Gasteiger partial charge is 0.463 e. The molecule has 0 bridgehead atoms. The van der Waals surface area contributed by atoms with Crippen molar-refractivity contribution in [2.75, 3.05) is 13.2 Å². The molecule has 3 nitrogen and oxygen atoms in total. The van der Waals surface area contributed by atoms with Gasteiger partial charge in [0.2, 0.25) is 0 Å². The highest BCUT2D eigenvalue weighted by Gasteiger charge is 2.00. The molecule has 0 aliphatic rings. The summed E-state index contributed by atoms with van der Waals surface area (Å²) in [6, 6.07) is 0. The molecule has 0 saturated heterocycles. The molecule has 0 rings (SSSR count). The van der Waals surface area contributed by atoms with Gasteiger partial charge < -0.3 is 4.74 Å². The predicted octanol–water partition coefficient (Wildman–Crippen LogP) is 1.60. The minimum Gasteiger partial charge on any atom is -0.463 e. The molecule has 0 radical (unpaired) electrons. The summed E-state index contributed by atoms with van der Waals surface area (Å²) < 4.78 is 4.78. The zero-order valence-electron chi connectivity index (χ0n) is 7.00. The summed E-state index contributed by atoms with van der Waals surface area (Å²) in [5.41, 5.74) is 0.790. The fourth-order valence-electron chi connectivity index (χ4n) is 0.548. The molecule has 4 heteroatoms. The Morgan fingerprint density at radius 3 is 2.92 bits per heavy atom. The molecule has 0 fully saturated rings. The Balaban J connectivity index is 3.44. The number of carbonyl (C=O) groups is 1. The third kappa shape index (κ3) is 7.12. The molecular weight excluding hydrogens is 174 g/mol. The van der Waals surface area contributed by atoms with Crippen LogP contribution in [0.4, 0.5) is 0 Å². The molecular formula is C8H11NO2S. The van der Waals surface area contributed by atoms with Gasteiger partial charge in [-0.15, -0.1) is 0 Å². The smallest absolute Gasteiger partial charge is 0.309 e. The van der Waals surface area contributed by atoms with Gasteiger partial charge in [0.05, 0.1) is 18.1 Å². The van der Waals surface area contributed by atoms with Crippen molar-refractivity contribution in [3.63, 3.8) is 0 Å². The predicted molar refractivity (Wildman–Crippen MR) is 50.3 cm³/mol. The van der Waals surface area contributed by atoms with Crippen molar-refractivity contribution >= 4 is 23.3 Å². The van der Waals surface area contributed by atoms with Crippen molar-refractivity contribution in [3.05, 3.63) is 12.2 Å². The number of esters is 1. The monoisotopic (exact) mass is 185 g/mol. The number of isothiocyanates is 1. The van der Waals surface area contributed by atoms with E-state index in [2.05, 4.69) is 29.0 Å². The van der Waals surface area contributed by atoms with E-state index in [0.29, 0.717) is 6.54 Å². The molecule has 0 N–H and O–H groups in total. The molecule has 0 aliphatic carbocycles. The second kappa shape index (κ2) is 6.70. The maximum Gasteiger partial charge on any atom is 0.309 e. The van der Waals surface area contributed by atoms with Gasteiger partial charge in [-0.05, 0) is 19.1 Å². The van der Waals surface area contributed by atoms with Crippen LogP contribution in [0.3, 0.4) is 0 Å². The van der Waals surface area contributed by atoms with Crippen molar-refractivity contribution in [2.24, 2.45) is 4.99 Å². The van der Waals surface area contributed by atoms with E-state index in [4.69, 9.17) is 4.74 Å². The summed E-state index contributed by atoms with van der Waals surface area (Å²) in [5, 5.41) is 2.18. The molecule has 0 amide bonds. The first-order valence-electron chi connectivity index (χ1n) is 3.50. The van der Waals surface area contributed by atoms with E-state index in [0.717, 1.165) is 5.57 Å². The Kier molecular flexibility index (Phi) is 6.15. The van der Waals surface area contributed by atoms with E-state index in [1.807, 2.05) is 0 Å². The van der Waals surface area contributed by atoms with Crippen LogP contribution in [0.2, 0.25) is 0 Å². The first-order valence-corrected chi connectivity index (χ1v) is 3.91. The SMILES string of the molecule is C=C(C)CC(=O)OCCN=C=S. The van der Waals surface area contributed by atoms with E-state index in [1.54, 1.807) is 6.92 Å². The third-order valence-corrected chi connectivity index (χ3v) is 1.11. The van der Waals surface area contributed by atoms with Gasteiger partial charge in [-0.2, -0.15) is 0 Å². The van der Waals surface area contributed by atoms with Crippen LogP contribution in [-0.2, 0) is 9.53 Å². The summed E-state index contributed by atoms with van der Waals surface area (Å²) in [5.74, 6) is -0.276. The van der Waals surface area contributed by atoms with Crippen LogP contribution in [-0.4, -0.2) is 24.3 Å². The Hall–Kier alpha value is -0.990. The number of aliphatic imine (C=N–C) groups is 1.